The fraction of sp³-hybridized carbons (Fsp3) is 0.381. The van der Waals surface area contributed by atoms with Gasteiger partial charge in [-0.3, -0.25) is 0 Å². The standard InChI is InChI=1S/C21H24F2N6O3S/c1-16(33(31,32)29-10-8-27(9-11-29)20-4-2-3-7-25-20)21(30,13-28-15-24-14-26-28)18-6-5-17(22)12-19(18)23/h2-7,12,14-16,30H,8-11,13H2,1H3/t16-,21-/m1/s1. The highest BCUT2D eigenvalue weighted by Crippen LogP contribution is 2.35. The fourth-order valence-electron chi connectivity index (χ4n) is 4.02. The number of aromatic nitrogens is 4. The van der Waals surface area contributed by atoms with E-state index in [0.717, 1.165) is 18.0 Å². The van der Waals surface area contributed by atoms with E-state index in [-0.39, 0.29) is 25.2 Å². The molecule has 1 saturated heterocycles. The Morgan fingerprint density at radius 2 is 1.91 bits per heavy atom. The fourth-order valence-corrected chi connectivity index (χ4v) is 5.83. The number of nitrogens with zero attached hydrogens (tertiary/aromatic N) is 6. The summed E-state index contributed by atoms with van der Waals surface area (Å²) in [6.45, 7) is 2.11. The Bertz CT molecular complexity index is 1190. The second-order valence-electron chi connectivity index (χ2n) is 7.90. The second kappa shape index (κ2) is 9.12. The highest BCUT2D eigenvalue weighted by Gasteiger charge is 2.48. The number of rotatable bonds is 7. The molecule has 176 valence electrons. The number of benzene rings is 1. The average Bonchev–Trinajstić information content (AvgIpc) is 3.32. The molecule has 3 aromatic rings. The molecule has 0 bridgehead atoms. The third kappa shape index (κ3) is 4.59. The van der Waals surface area contributed by atoms with E-state index in [1.807, 2.05) is 17.0 Å². The predicted molar refractivity (Wildman–Crippen MR) is 117 cm³/mol. The maximum atomic E-state index is 14.7. The summed E-state index contributed by atoms with van der Waals surface area (Å²) in [5, 5.41) is 14.1. The topological polar surface area (TPSA) is 104 Å². The molecule has 0 radical (unpaired) electrons. The van der Waals surface area contributed by atoms with Crippen LogP contribution in [0.5, 0.6) is 0 Å². The van der Waals surface area contributed by atoms with E-state index in [0.29, 0.717) is 19.2 Å². The highest BCUT2D eigenvalue weighted by molar-refractivity contribution is 7.89. The third-order valence-electron chi connectivity index (χ3n) is 5.96. The van der Waals surface area contributed by atoms with Crippen molar-refractivity contribution in [2.75, 3.05) is 31.1 Å². The van der Waals surface area contributed by atoms with Gasteiger partial charge in [0.2, 0.25) is 10.0 Å². The number of hydrogen-bond acceptors (Lipinski definition) is 7. The Morgan fingerprint density at radius 3 is 2.52 bits per heavy atom. The molecule has 3 heterocycles. The first kappa shape index (κ1) is 23.2. The predicted octanol–water partition coefficient (Wildman–Crippen LogP) is 1.38. The number of piperazine rings is 1. The van der Waals surface area contributed by atoms with Crippen molar-refractivity contribution in [3.8, 4) is 0 Å². The van der Waals surface area contributed by atoms with Gasteiger partial charge in [-0.1, -0.05) is 12.1 Å². The van der Waals surface area contributed by atoms with Crippen LogP contribution in [0.15, 0.2) is 55.2 Å². The molecule has 2 atom stereocenters. The second-order valence-corrected chi connectivity index (χ2v) is 10.2. The molecule has 1 fully saturated rings. The molecule has 2 aromatic heterocycles. The van der Waals surface area contributed by atoms with E-state index >= 15 is 0 Å². The van der Waals surface area contributed by atoms with E-state index in [1.54, 1.807) is 12.3 Å². The number of aliphatic hydroxyl groups is 1. The largest absolute Gasteiger partial charge is 0.382 e. The molecule has 1 N–H and O–H groups in total. The molecule has 33 heavy (non-hydrogen) atoms. The van der Waals surface area contributed by atoms with Gasteiger partial charge in [0.25, 0.3) is 0 Å². The van der Waals surface area contributed by atoms with Gasteiger partial charge in [-0.25, -0.2) is 31.8 Å². The molecule has 9 nitrogen and oxygen atoms in total. The van der Waals surface area contributed by atoms with Crippen molar-refractivity contribution in [3.63, 3.8) is 0 Å². The quantitative estimate of drug-likeness (QED) is 0.547. The SMILES string of the molecule is C[C@H]([C@](O)(Cn1cncn1)c1ccc(F)cc1F)S(=O)(=O)N1CCN(c2ccccn2)CC1. The molecule has 1 aliphatic heterocycles. The summed E-state index contributed by atoms with van der Waals surface area (Å²) in [5.41, 5.74) is -2.56. The van der Waals surface area contributed by atoms with Crippen molar-refractivity contribution >= 4 is 15.8 Å². The van der Waals surface area contributed by atoms with Gasteiger partial charge in [-0.15, -0.1) is 0 Å². The van der Waals surface area contributed by atoms with Crippen LogP contribution in [-0.4, -0.2) is 69.0 Å². The van der Waals surface area contributed by atoms with Gasteiger partial charge in [-0.05, 0) is 25.1 Å². The lowest BCUT2D eigenvalue weighted by atomic mass is 9.90. The molecule has 0 amide bonds. The molecular formula is C21H24F2N6O3S. The lowest BCUT2D eigenvalue weighted by Gasteiger charge is -2.40. The molecule has 0 saturated carbocycles. The lowest BCUT2D eigenvalue weighted by Crippen LogP contribution is -2.56. The van der Waals surface area contributed by atoms with Crippen LogP contribution in [0.1, 0.15) is 12.5 Å². The third-order valence-corrected chi connectivity index (χ3v) is 8.33. The van der Waals surface area contributed by atoms with Gasteiger partial charge in [0.1, 0.15) is 41.0 Å². The zero-order valence-corrected chi connectivity index (χ0v) is 18.7. The van der Waals surface area contributed by atoms with Crippen molar-refractivity contribution in [1.29, 1.82) is 0 Å². The first-order valence-electron chi connectivity index (χ1n) is 10.4. The average molecular weight is 479 g/mol. The normalized spacial score (nSPS) is 18.1. The van der Waals surface area contributed by atoms with Crippen molar-refractivity contribution in [2.45, 2.75) is 24.3 Å². The zero-order valence-electron chi connectivity index (χ0n) is 17.9. The van der Waals surface area contributed by atoms with Crippen molar-refractivity contribution in [3.05, 3.63) is 72.4 Å². The first-order chi connectivity index (χ1) is 15.7. The van der Waals surface area contributed by atoms with E-state index in [2.05, 4.69) is 15.1 Å². The zero-order chi connectivity index (χ0) is 23.6. The van der Waals surface area contributed by atoms with Crippen LogP contribution in [0, 0.1) is 11.6 Å². The summed E-state index contributed by atoms with van der Waals surface area (Å²) in [7, 11) is -4.09. The number of sulfonamides is 1. The van der Waals surface area contributed by atoms with Crippen LogP contribution in [-0.2, 0) is 22.2 Å². The van der Waals surface area contributed by atoms with E-state index in [9.17, 15) is 22.3 Å². The summed E-state index contributed by atoms with van der Waals surface area (Å²) in [4.78, 5) is 10.1. The maximum Gasteiger partial charge on any atom is 0.220 e. The maximum absolute atomic E-state index is 14.7. The monoisotopic (exact) mass is 478 g/mol. The molecule has 1 aliphatic rings. The molecule has 0 unspecified atom stereocenters. The molecular weight excluding hydrogens is 454 g/mol. The van der Waals surface area contributed by atoms with Crippen molar-refractivity contribution in [2.24, 2.45) is 0 Å². The Labute approximate surface area is 190 Å². The summed E-state index contributed by atoms with van der Waals surface area (Å²) in [6, 6.07) is 8.17. The van der Waals surface area contributed by atoms with Crippen LogP contribution >= 0.6 is 0 Å². The van der Waals surface area contributed by atoms with Gasteiger partial charge in [-0.2, -0.15) is 9.40 Å². The Kier molecular flexibility index (Phi) is 6.41. The smallest absolute Gasteiger partial charge is 0.220 e. The van der Waals surface area contributed by atoms with E-state index < -0.39 is 32.5 Å². The van der Waals surface area contributed by atoms with Crippen molar-refractivity contribution in [1.82, 2.24) is 24.1 Å². The lowest BCUT2D eigenvalue weighted by molar-refractivity contribution is 0.00953. The minimum atomic E-state index is -4.09. The summed E-state index contributed by atoms with van der Waals surface area (Å²) in [5.74, 6) is -1.13. The number of hydrogen-bond donors (Lipinski definition) is 1. The molecule has 1 aromatic carbocycles. The van der Waals surface area contributed by atoms with Gasteiger partial charge in [0.05, 0.1) is 6.54 Å². The summed E-state index contributed by atoms with van der Waals surface area (Å²) < 4.78 is 57.9. The van der Waals surface area contributed by atoms with Crippen LogP contribution in [0.25, 0.3) is 0 Å². The summed E-state index contributed by atoms with van der Waals surface area (Å²) >= 11 is 0. The van der Waals surface area contributed by atoms with Crippen LogP contribution < -0.4 is 4.90 Å². The van der Waals surface area contributed by atoms with Gasteiger partial charge < -0.3 is 10.0 Å². The molecule has 0 aliphatic carbocycles. The Hall–Kier alpha value is -2.96. The van der Waals surface area contributed by atoms with Gasteiger partial charge >= 0.3 is 0 Å². The van der Waals surface area contributed by atoms with Crippen molar-refractivity contribution < 1.29 is 22.3 Å². The molecule has 4 rings (SSSR count). The van der Waals surface area contributed by atoms with Gasteiger partial charge in [0.15, 0.2) is 0 Å². The Balaban J connectivity index is 1.62. The molecule has 12 heteroatoms. The Morgan fingerprint density at radius 1 is 1.15 bits per heavy atom. The number of halogens is 2. The van der Waals surface area contributed by atoms with Gasteiger partial charge in [0, 0.05) is 44.0 Å². The van der Waals surface area contributed by atoms with E-state index in [1.165, 1.54) is 28.6 Å². The minimum Gasteiger partial charge on any atom is -0.382 e. The van der Waals surface area contributed by atoms with Crippen LogP contribution in [0.2, 0.25) is 0 Å². The van der Waals surface area contributed by atoms with E-state index in [4.69, 9.17) is 0 Å². The minimum absolute atomic E-state index is 0.175. The number of anilines is 1. The first-order valence-corrected chi connectivity index (χ1v) is 11.9. The summed E-state index contributed by atoms with van der Waals surface area (Å²) in [6.07, 6.45) is 4.18. The highest BCUT2D eigenvalue weighted by atomic mass is 32.2. The van der Waals surface area contributed by atoms with Crippen LogP contribution in [0.3, 0.4) is 0 Å². The number of pyridine rings is 1. The van der Waals surface area contributed by atoms with Crippen LogP contribution in [0.4, 0.5) is 14.6 Å². The molecule has 0 spiro atoms.